The van der Waals surface area contributed by atoms with Crippen LogP contribution in [0.15, 0.2) is 29.1 Å². The second kappa shape index (κ2) is 7.11. The molecule has 3 heterocycles. The summed E-state index contributed by atoms with van der Waals surface area (Å²) in [7, 11) is 0. The second-order valence-electron chi connectivity index (χ2n) is 6.88. The molecule has 1 aromatic heterocycles. The molecule has 2 aromatic rings. The van der Waals surface area contributed by atoms with Crippen molar-refractivity contribution >= 4 is 22.7 Å². The number of carbonyl (C=O) groups excluding carboxylic acids is 2. The van der Waals surface area contributed by atoms with Crippen LogP contribution < -0.4 is 5.56 Å². The van der Waals surface area contributed by atoms with Crippen LogP contribution in [0.5, 0.6) is 0 Å². The first-order chi connectivity index (χ1) is 13.0. The fourth-order valence-corrected chi connectivity index (χ4v) is 3.70. The number of hydrogen-bond acceptors (Lipinski definition) is 4. The van der Waals surface area contributed by atoms with Crippen molar-refractivity contribution in [2.75, 3.05) is 32.8 Å². The normalized spacial score (nSPS) is 20.3. The number of amides is 2. The van der Waals surface area contributed by atoms with E-state index in [1.807, 2.05) is 0 Å². The van der Waals surface area contributed by atoms with E-state index in [9.17, 15) is 18.8 Å². The Bertz CT molecular complexity index is 952. The van der Waals surface area contributed by atoms with Gasteiger partial charge in [-0.3, -0.25) is 14.4 Å². The minimum Gasteiger partial charge on any atom is -0.365 e. The van der Waals surface area contributed by atoms with Crippen LogP contribution in [-0.4, -0.2) is 65.5 Å². The Labute approximate surface area is 154 Å². The van der Waals surface area contributed by atoms with Crippen LogP contribution >= 0.6 is 0 Å². The number of benzene rings is 1. The van der Waals surface area contributed by atoms with Gasteiger partial charge in [-0.25, -0.2) is 4.39 Å². The molecule has 0 radical (unpaired) electrons. The smallest absolute Gasteiger partial charge is 0.254 e. The van der Waals surface area contributed by atoms with Gasteiger partial charge in [-0.05, 0) is 31.0 Å². The quantitative estimate of drug-likeness (QED) is 0.856. The SMILES string of the molecule is O=C(c1cc(=O)[nH]c2ccc(F)cc12)N1CCO[C@H](C(=O)N2CCCC2)C1. The van der Waals surface area contributed by atoms with Gasteiger partial charge in [0.1, 0.15) is 5.82 Å². The zero-order valence-corrected chi connectivity index (χ0v) is 14.7. The van der Waals surface area contributed by atoms with E-state index in [1.54, 1.807) is 4.90 Å². The van der Waals surface area contributed by atoms with Crippen molar-refractivity contribution in [2.45, 2.75) is 18.9 Å². The number of pyridine rings is 1. The number of hydrogen-bond donors (Lipinski definition) is 1. The molecule has 2 aliphatic rings. The van der Waals surface area contributed by atoms with Crippen LogP contribution in [0.4, 0.5) is 4.39 Å². The van der Waals surface area contributed by atoms with E-state index >= 15 is 0 Å². The molecule has 0 unspecified atom stereocenters. The minimum absolute atomic E-state index is 0.105. The van der Waals surface area contributed by atoms with Gasteiger partial charge < -0.3 is 19.5 Å². The first-order valence-electron chi connectivity index (χ1n) is 9.05. The number of rotatable bonds is 2. The summed E-state index contributed by atoms with van der Waals surface area (Å²) < 4.78 is 19.3. The maximum Gasteiger partial charge on any atom is 0.254 e. The molecule has 2 fully saturated rings. The Morgan fingerprint density at radius 2 is 1.89 bits per heavy atom. The molecule has 142 valence electrons. The van der Waals surface area contributed by atoms with Gasteiger partial charge in [0.25, 0.3) is 11.8 Å². The number of carbonyl (C=O) groups is 2. The molecule has 1 atom stereocenters. The zero-order chi connectivity index (χ0) is 19.0. The molecule has 1 aromatic carbocycles. The van der Waals surface area contributed by atoms with Crippen LogP contribution in [0.3, 0.4) is 0 Å². The van der Waals surface area contributed by atoms with Gasteiger partial charge in [0.2, 0.25) is 5.56 Å². The van der Waals surface area contributed by atoms with E-state index in [2.05, 4.69) is 4.98 Å². The van der Waals surface area contributed by atoms with Gasteiger partial charge in [-0.2, -0.15) is 0 Å². The van der Waals surface area contributed by atoms with Crippen LogP contribution in [0, 0.1) is 5.82 Å². The molecule has 4 rings (SSSR count). The van der Waals surface area contributed by atoms with Gasteiger partial charge in [-0.1, -0.05) is 0 Å². The molecule has 0 aliphatic carbocycles. The predicted octanol–water partition coefficient (Wildman–Crippen LogP) is 1.13. The van der Waals surface area contributed by atoms with Crippen molar-refractivity contribution < 1.29 is 18.7 Å². The fourth-order valence-electron chi connectivity index (χ4n) is 3.70. The largest absolute Gasteiger partial charge is 0.365 e. The monoisotopic (exact) mass is 373 g/mol. The summed E-state index contributed by atoms with van der Waals surface area (Å²) in [5.74, 6) is -1.00. The highest BCUT2D eigenvalue weighted by Gasteiger charge is 2.33. The van der Waals surface area contributed by atoms with Crippen molar-refractivity contribution in [3.05, 3.63) is 46.0 Å². The van der Waals surface area contributed by atoms with Gasteiger partial charge in [0.15, 0.2) is 6.10 Å². The second-order valence-corrected chi connectivity index (χ2v) is 6.88. The van der Waals surface area contributed by atoms with E-state index in [0.29, 0.717) is 30.5 Å². The minimum atomic E-state index is -0.703. The lowest BCUT2D eigenvalue weighted by Crippen LogP contribution is -2.52. The molecule has 2 aliphatic heterocycles. The van der Waals surface area contributed by atoms with E-state index in [1.165, 1.54) is 29.2 Å². The van der Waals surface area contributed by atoms with Crippen LogP contribution in [0.25, 0.3) is 10.9 Å². The molecule has 0 saturated carbocycles. The Morgan fingerprint density at radius 3 is 2.67 bits per heavy atom. The van der Waals surface area contributed by atoms with Gasteiger partial charge in [-0.15, -0.1) is 0 Å². The lowest BCUT2D eigenvalue weighted by molar-refractivity contribution is -0.147. The van der Waals surface area contributed by atoms with Gasteiger partial charge >= 0.3 is 0 Å². The topological polar surface area (TPSA) is 82.7 Å². The Balaban J connectivity index is 1.61. The van der Waals surface area contributed by atoms with Gasteiger partial charge in [0.05, 0.1) is 18.7 Å². The Morgan fingerprint density at radius 1 is 1.11 bits per heavy atom. The number of halogens is 1. The molecule has 2 saturated heterocycles. The number of nitrogens with one attached hydrogen (secondary N) is 1. The summed E-state index contributed by atoms with van der Waals surface area (Å²) in [4.78, 5) is 43.4. The fraction of sp³-hybridized carbons (Fsp3) is 0.421. The van der Waals surface area contributed by atoms with Crippen molar-refractivity contribution in [3.8, 4) is 0 Å². The van der Waals surface area contributed by atoms with Gasteiger partial charge in [0, 0.05) is 36.6 Å². The number of aromatic nitrogens is 1. The molecular weight excluding hydrogens is 353 g/mol. The van der Waals surface area contributed by atoms with Crippen molar-refractivity contribution in [3.63, 3.8) is 0 Å². The third kappa shape index (κ3) is 3.44. The number of nitrogens with zero attached hydrogens (tertiary/aromatic N) is 2. The molecule has 0 spiro atoms. The molecule has 0 bridgehead atoms. The summed E-state index contributed by atoms with van der Waals surface area (Å²) in [5.41, 5.74) is 0.0862. The lowest BCUT2D eigenvalue weighted by Gasteiger charge is -2.34. The van der Waals surface area contributed by atoms with Crippen LogP contribution in [0.2, 0.25) is 0 Å². The molecular formula is C19H20FN3O4. The van der Waals surface area contributed by atoms with Crippen molar-refractivity contribution in [1.29, 1.82) is 0 Å². The first kappa shape index (κ1) is 17.7. The van der Waals surface area contributed by atoms with E-state index < -0.39 is 23.4 Å². The molecule has 7 nitrogen and oxygen atoms in total. The highest BCUT2D eigenvalue weighted by molar-refractivity contribution is 6.06. The van der Waals surface area contributed by atoms with Crippen LogP contribution in [0.1, 0.15) is 23.2 Å². The summed E-state index contributed by atoms with van der Waals surface area (Å²) in [6, 6.07) is 5.07. The zero-order valence-electron chi connectivity index (χ0n) is 14.7. The Hall–Kier alpha value is -2.74. The third-order valence-electron chi connectivity index (χ3n) is 5.08. The number of aromatic amines is 1. The Kier molecular flexibility index (Phi) is 4.65. The summed E-state index contributed by atoms with van der Waals surface area (Å²) >= 11 is 0. The number of ether oxygens (including phenoxy) is 1. The molecule has 8 heteroatoms. The first-order valence-corrected chi connectivity index (χ1v) is 9.05. The maximum atomic E-state index is 13.7. The third-order valence-corrected chi connectivity index (χ3v) is 5.08. The average Bonchev–Trinajstić information content (AvgIpc) is 3.21. The summed E-state index contributed by atoms with van der Waals surface area (Å²) in [6.07, 6.45) is 1.25. The molecule has 2 amide bonds. The average molecular weight is 373 g/mol. The van der Waals surface area contributed by atoms with E-state index in [4.69, 9.17) is 4.74 Å². The lowest BCUT2D eigenvalue weighted by atomic mass is 10.1. The number of morpholine rings is 1. The maximum absolute atomic E-state index is 13.7. The van der Waals surface area contributed by atoms with E-state index in [-0.39, 0.29) is 24.6 Å². The highest BCUT2D eigenvalue weighted by atomic mass is 19.1. The van der Waals surface area contributed by atoms with Crippen molar-refractivity contribution in [1.82, 2.24) is 14.8 Å². The standard InChI is InChI=1S/C19H20FN3O4/c20-12-3-4-15-13(9-12)14(10-17(24)21-15)18(25)23-7-8-27-16(11-23)19(26)22-5-1-2-6-22/h3-4,9-10,16H,1-2,5-8,11H2,(H,21,24)/t16-/m0/s1. The number of likely N-dealkylation sites (tertiary alicyclic amines) is 1. The van der Waals surface area contributed by atoms with E-state index in [0.717, 1.165) is 12.8 Å². The highest BCUT2D eigenvalue weighted by Crippen LogP contribution is 2.20. The summed E-state index contributed by atoms with van der Waals surface area (Å²) in [6.45, 7) is 2.10. The number of fused-ring (bicyclic) bond motifs is 1. The number of H-pyrrole nitrogens is 1. The summed E-state index contributed by atoms with van der Waals surface area (Å²) in [5, 5.41) is 0.341. The molecule has 27 heavy (non-hydrogen) atoms. The van der Waals surface area contributed by atoms with Crippen LogP contribution in [-0.2, 0) is 9.53 Å². The molecule has 1 N–H and O–H groups in total. The van der Waals surface area contributed by atoms with Crippen molar-refractivity contribution in [2.24, 2.45) is 0 Å². The predicted molar refractivity (Wildman–Crippen MR) is 96.0 cm³/mol.